The summed E-state index contributed by atoms with van der Waals surface area (Å²) in [6, 6.07) is 5.23. The number of carbonyl (C=O) groups is 2. The number of ketones is 1. The Morgan fingerprint density at radius 3 is 2.55 bits per heavy atom. The van der Waals surface area contributed by atoms with E-state index in [4.69, 9.17) is 14.6 Å². The maximum Gasteiger partial charge on any atom is 0.376 e. The standard InChI is InChI=1S/C15H13NO6/c1-2-16-9-5-14-13(21-7-22-14)4-8(9)3-10(16)11(17)6-12(18)15(19)20/h3-6,17H,2,7H2,1H3,(H,19,20)/b11-6-. The third kappa shape index (κ3) is 2.16. The van der Waals surface area contributed by atoms with E-state index >= 15 is 0 Å². The first-order chi connectivity index (χ1) is 10.5. The maximum absolute atomic E-state index is 11.2. The molecule has 1 aliphatic rings. The number of ether oxygens (including phenoxy) is 2. The van der Waals surface area contributed by atoms with Crippen LogP contribution in [0.4, 0.5) is 0 Å². The van der Waals surface area contributed by atoms with Crippen LogP contribution in [0.15, 0.2) is 24.3 Å². The Balaban J connectivity index is 2.14. The largest absolute Gasteiger partial charge is 0.506 e. The Bertz CT molecular complexity index is 817. The summed E-state index contributed by atoms with van der Waals surface area (Å²) in [5, 5.41) is 19.5. The second-order valence-corrected chi connectivity index (χ2v) is 4.74. The summed E-state index contributed by atoms with van der Waals surface area (Å²) < 4.78 is 12.4. The van der Waals surface area contributed by atoms with E-state index in [0.717, 1.165) is 10.9 Å². The van der Waals surface area contributed by atoms with Gasteiger partial charge in [0.05, 0.1) is 11.2 Å². The number of carboxylic acid groups (broad SMARTS) is 1. The lowest BCUT2D eigenvalue weighted by Crippen LogP contribution is -2.10. The molecule has 0 fully saturated rings. The highest BCUT2D eigenvalue weighted by Crippen LogP contribution is 2.38. The van der Waals surface area contributed by atoms with E-state index in [-0.39, 0.29) is 6.79 Å². The Kier molecular flexibility index (Phi) is 3.25. The summed E-state index contributed by atoms with van der Waals surface area (Å²) in [5.41, 5.74) is 1.15. The molecular formula is C15H13NO6. The molecule has 1 aliphatic heterocycles. The molecule has 3 rings (SSSR count). The van der Waals surface area contributed by atoms with Crippen LogP contribution < -0.4 is 9.47 Å². The quantitative estimate of drug-likeness (QED) is 0.509. The van der Waals surface area contributed by atoms with Crippen molar-refractivity contribution < 1.29 is 29.3 Å². The molecule has 7 heteroatoms. The van der Waals surface area contributed by atoms with Gasteiger partial charge in [0, 0.05) is 24.1 Å². The van der Waals surface area contributed by atoms with Gasteiger partial charge in [-0.15, -0.1) is 0 Å². The van der Waals surface area contributed by atoms with Gasteiger partial charge in [-0.3, -0.25) is 4.79 Å². The van der Waals surface area contributed by atoms with Gasteiger partial charge in [0.25, 0.3) is 5.78 Å². The minimum absolute atomic E-state index is 0.166. The smallest absolute Gasteiger partial charge is 0.376 e. The summed E-state index contributed by atoms with van der Waals surface area (Å²) in [5.74, 6) is -1.98. The molecule has 0 unspecified atom stereocenters. The molecular weight excluding hydrogens is 290 g/mol. The molecule has 2 N–H and O–H groups in total. The molecule has 1 aromatic carbocycles. The zero-order valence-electron chi connectivity index (χ0n) is 11.7. The first kappa shape index (κ1) is 14.0. The third-order valence-electron chi connectivity index (χ3n) is 3.45. The summed E-state index contributed by atoms with van der Waals surface area (Å²) in [7, 11) is 0. The van der Waals surface area contributed by atoms with Gasteiger partial charge in [0.15, 0.2) is 11.5 Å². The normalized spacial score (nSPS) is 13.6. The minimum Gasteiger partial charge on any atom is -0.506 e. The number of rotatable bonds is 4. The number of hydrogen-bond acceptors (Lipinski definition) is 5. The number of carbonyl (C=O) groups excluding carboxylic acids is 1. The van der Waals surface area contributed by atoms with E-state index in [1.54, 1.807) is 22.8 Å². The van der Waals surface area contributed by atoms with Crippen molar-refractivity contribution in [2.24, 2.45) is 0 Å². The highest BCUT2D eigenvalue weighted by molar-refractivity contribution is 6.38. The molecule has 0 saturated carbocycles. The van der Waals surface area contributed by atoms with Gasteiger partial charge in [-0.05, 0) is 19.1 Å². The van der Waals surface area contributed by atoms with Crippen LogP contribution in [-0.2, 0) is 16.1 Å². The molecule has 22 heavy (non-hydrogen) atoms. The Hall–Kier alpha value is -2.96. The van der Waals surface area contributed by atoms with Crippen molar-refractivity contribution in [2.45, 2.75) is 13.5 Å². The highest BCUT2D eigenvalue weighted by atomic mass is 16.7. The van der Waals surface area contributed by atoms with Crippen LogP contribution in [0.25, 0.3) is 16.7 Å². The number of aliphatic hydroxyl groups is 1. The van der Waals surface area contributed by atoms with E-state index in [2.05, 4.69) is 0 Å². The monoisotopic (exact) mass is 303 g/mol. The average molecular weight is 303 g/mol. The molecule has 0 bridgehead atoms. The first-order valence-corrected chi connectivity index (χ1v) is 6.62. The van der Waals surface area contributed by atoms with Gasteiger partial charge < -0.3 is 24.3 Å². The molecule has 0 saturated heterocycles. The molecule has 2 heterocycles. The Labute approximate surface area is 125 Å². The molecule has 0 spiro atoms. The summed E-state index contributed by atoms with van der Waals surface area (Å²) in [4.78, 5) is 21.8. The van der Waals surface area contributed by atoms with Crippen molar-refractivity contribution in [3.8, 4) is 11.5 Å². The van der Waals surface area contributed by atoms with Crippen molar-refractivity contribution in [1.29, 1.82) is 0 Å². The molecule has 0 aliphatic carbocycles. The van der Waals surface area contributed by atoms with Gasteiger partial charge in [0.1, 0.15) is 5.76 Å². The number of aryl methyl sites for hydroxylation is 1. The zero-order chi connectivity index (χ0) is 15.9. The van der Waals surface area contributed by atoms with Crippen molar-refractivity contribution in [2.75, 3.05) is 6.79 Å². The number of benzene rings is 1. The Morgan fingerprint density at radius 1 is 1.23 bits per heavy atom. The predicted octanol–water partition coefficient (Wildman–Crippen LogP) is 1.94. The van der Waals surface area contributed by atoms with Crippen LogP contribution in [0.3, 0.4) is 0 Å². The lowest BCUT2D eigenvalue weighted by molar-refractivity contribution is -0.146. The number of aromatic nitrogens is 1. The van der Waals surface area contributed by atoms with E-state index in [1.807, 2.05) is 6.92 Å². The fraction of sp³-hybridized carbons (Fsp3) is 0.200. The minimum atomic E-state index is -1.62. The second-order valence-electron chi connectivity index (χ2n) is 4.74. The molecule has 2 aromatic rings. The van der Waals surface area contributed by atoms with Crippen LogP contribution >= 0.6 is 0 Å². The molecule has 1 aromatic heterocycles. The number of hydrogen-bond donors (Lipinski definition) is 2. The van der Waals surface area contributed by atoms with Gasteiger partial charge in [-0.1, -0.05) is 0 Å². The van der Waals surface area contributed by atoms with E-state index < -0.39 is 17.5 Å². The second kappa shape index (κ2) is 5.10. The first-order valence-electron chi connectivity index (χ1n) is 6.62. The number of aliphatic carboxylic acids is 1. The van der Waals surface area contributed by atoms with E-state index in [9.17, 15) is 14.7 Å². The van der Waals surface area contributed by atoms with Gasteiger partial charge in [-0.2, -0.15) is 0 Å². The molecule has 7 nitrogen and oxygen atoms in total. The molecule has 0 amide bonds. The van der Waals surface area contributed by atoms with Gasteiger partial charge in [-0.25, -0.2) is 4.79 Å². The number of aliphatic hydroxyl groups excluding tert-OH is 1. The average Bonchev–Trinajstić information content (AvgIpc) is 3.07. The molecule has 0 atom stereocenters. The van der Waals surface area contributed by atoms with E-state index in [1.165, 1.54) is 0 Å². The summed E-state index contributed by atoms with van der Waals surface area (Å²) in [6.45, 7) is 2.57. The third-order valence-corrected chi connectivity index (χ3v) is 3.45. The fourth-order valence-electron chi connectivity index (χ4n) is 2.46. The maximum atomic E-state index is 11.2. The topological polar surface area (TPSA) is 98.0 Å². The predicted molar refractivity (Wildman–Crippen MR) is 77.0 cm³/mol. The fourth-order valence-corrected chi connectivity index (χ4v) is 2.46. The lowest BCUT2D eigenvalue weighted by Gasteiger charge is -2.07. The summed E-state index contributed by atoms with van der Waals surface area (Å²) >= 11 is 0. The highest BCUT2D eigenvalue weighted by Gasteiger charge is 2.19. The van der Waals surface area contributed by atoms with Crippen LogP contribution in [-0.4, -0.2) is 33.3 Å². The SMILES string of the molecule is CCn1c(/C(O)=C/C(=O)C(=O)O)cc2cc3c(cc21)OCO3. The van der Waals surface area contributed by atoms with Gasteiger partial charge in [0.2, 0.25) is 6.79 Å². The Morgan fingerprint density at radius 2 is 1.91 bits per heavy atom. The molecule has 0 radical (unpaired) electrons. The van der Waals surface area contributed by atoms with Crippen molar-refractivity contribution in [3.63, 3.8) is 0 Å². The summed E-state index contributed by atoms with van der Waals surface area (Å²) in [6.07, 6.45) is 0.698. The zero-order valence-corrected chi connectivity index (χ0v) is 11.7. The van der Waals surface area contributed by atoms with Crippen molar-refractivity contribution >= 4 is 28.4 Å². The van der Waals surface area contributed by atoms with Crippen LogP contribution in [0.2, 0.25) is 0 Å². The van der Waals surface area contributed by atoms with Crippen molar-refractivity contribution in [1.82, 2.24) is 4.57 Å². The van der Waals surface area contributed by atoms with E-state index in [0.29, 0.717) is 29.8 Å². The van der Waals surface area contributed by atoms with Crippen LogP contribution in [0.5, 0.6) is 11.5 Å². The van der Waals surface area contributed by atoms with Crippen LogP contribution in [0, 0.1) is 0 Å². The van der Waals surface area contributed by atoms with Crippen LogP contribution in [0.1, 0.15) is 12.6 Å². The lowest BCUT2D eigenvalue weighted by atomic mass is 10.2. The van der Waals surface area contributed by atoms with Crippen molar-refractivity contribution in [3.05, 3.63) is 30.0 Å². The number of nitrogens with zero attached hydrogens (tertiary/aromatic N) is 1. The molecule has 114 valence electrons. The number of carboxylic acids is 1. The number of fused-ring (bicyclic) bond motifs is 2. The van der Waals surface area contributed by atoms with Gasteiger partial charge >= 0.3 is 5.97 Å².